The lowest BCUT2D eigenvalue weighted by Crippen LogP contribution is -2.21. The average Bonchev–Trinajstić information content (AvgIpc) is 2.23. The third kappa shape index (κ3) is 2.02. The van der Waals surface area contributed by atoms with E-state index in [1.165, 1.54) is 6.33 Å². The van der Waals surface area contributed by atoms with Crippen molar-refractivity contribution in [2.75, 3.05) is 11.1 Å². The van der Waals surface area contributed by atoms with E-state index in [1.807, 2.05) is 0 Å². The Kier molecular flexibility index (Phi) is 2.62. The Morgan fingerprint density at radius 1 is 1.43 bits per heavy atom. The monoisotopic (exact) mass is 190 g/mol. The summed E-state index contributed by atoms with van der Waals surface area (Å²) in [5, 5.41) is 3.32. The maximum Gasteiger partial charge on any atom is 0.152 e. The molecular formula is C10H14N4. The highest BCUT2D eigenvalue weighted by Crippen LogP contribution is 2.18. The molecule has 0 saturated carbocycles. The fourth-order valence-corrected chi connectivity index (χ4v) is 1.58. The molecule has 0 amide bonds. The smallest absolute Gasteiger partial charge is 0.152 e. The van der Waals surface area contributed by atoms with Gasteiger partial charge in [-0.25, -0.2) is 9.97 Å². The second-order valence-corrected chi connectivity index (χ2v) is 3.45. The first kappa shape index (κ1) is 8.99. The Hall–Kier alpha value is -1.58. The van der Waals surface area contributed by atoms with Gasteiger partial charge in [0.25, 0.3) is 0 Å². The molecule has 3 N–H and O–H groups in total. The molecule has 4 nitrogen and oxygen atoms in total. The third-order valence-corrected chi connectivity index (χ3v) is 2.35. The van der Waals surface area contributed by atoms with E-state index in [0.29, 0.717) is 11.7 Å². The molecule has 1 unspecified atom stereocenters. The molecule has 1 aromatic heterocycles. The van der Waals surface area contributed by atoms with Crippen molar-refractivity contribution >= 4 is 11.5 Å². The van der Waals surface area contributed by atoms with Gasteiger partial charge in [-0.05, 0) is 19.3 Å². The number of hydrogen-bond donors (Lipinski definition) is 2. The quantitative estimate of drug-likeness (QED) is 0.695. The van der Waals surface area contributed by atoms with Crippen molar-refractivity contribution in [3.05, 3.63) is 24.7 Å². The van der Waals surface area contributed by atoms with Crippen LogP contribution in [0.4, 0.5) is 11.5 Å². The third-order valence-electron chi connectivity index (χ3n) is 2.35. The van der Waals surface area contributed by atoms with Gasteiger partial charge in [0.05, 0.1) is 11.9 Å². The Bertz CT molecular complexity index is 335. The van der Waals surface area contributed by atoms with Crippen LogP contribution >= 0.6 is 0 Å². The average molecular weight is 190 g/mol. The first-order valence-electron chi connectivity index (χ1n) is 4.83. The van der Waals surface area contributed by atoms with Crippen molar-refractivity contribution in [3.63, 3.8) is 0 Å². The van der Waals surface area contributed by atoms with Crippen LogP contribution in [-0.4, -0.2) is 16.0 Å². The first-order chi connectivity index (χ1) is 6.86. The predicted molar refractivity (Wildman–Crippen MR) is 56.8 cm³/mol. The molecule has 0 spiro atoms. The van der Waals surface area contributed by atoms with Crippen LogP contribution in [0.25, 0.3) is 0 Å². The summed E-state index contributed by atoms with van der Waals surface area (Å²) in [7, 11) is 0. The normalized spacial score (nSPS) is 20.7. The van der Waals surface area contributed by atoms with Crippen LogP contribution in [0, 0.1) is 0 Å². The number of rotatable bonds is 2. The minimum Gasteiger partial charge on any atom is -0.394 e. The number of allylic oxidation sites excluding steroid dienone is 1. The zero-order chi connectivity index (χ0) is 9.80. The number of anilines is 2. The first-order valence-corrected chi connectivity index (χ1v) is 4.83. The maximum atomic E-state index is 5.73. The molecule has 4 heteroatoms. The van der Waals surface area contributed by atoms with Crippen molar-refractivity contribution in [2.24, 2.45) is 0 Å². The number of nitrogens with zero attached hydrogens (tertiary/aromatic N) is 2. The highest BCUT2D eigenvalue weighted by Gasteiger charge is 2.11. The lowest BCUT2D eigenvalue weighted by atomic mass is 10.0. The van der Waals surface area contributed by atoms with Crippen molar-refractivity contribution < 1.29 is 0 Å². The molecule has 0 bridgehead atoms. The van der Waals surface area contributed by atoms with Crippen molar-refractivity contribution in [1.82, 2.24) is 9.97 Å². The molecule has 0 aliphatic heterocycles. The number of aromatic nitrogens is 2. The molecule has 1 atom stereocenters. The van der Waals surface area contributed by atoms with Crippen LogP contribution in [0.1, 0.15) is 19.3 Å². The summed E-state index contributed by atoms with van der Waals surface area (Å²) in [5.41, 5.74) is 6.35. The Morgan fingerprint density at radius 3 is 3.07 bits per heavy atom. The molecule has 74 valence electrons. The summed E-state index contributed by atoms with van der Waals surface area (Å²) in [6.07, 6.45) is 10.8. The van der Waals surface area contributed by atoms with Gasteiger partial charge in [-0.15, -0.1) is 0 Å². The van der Waals surface area contributed by atoms with Gasteiger partial charge >= 0.3 is 0 Å². The van der Waals surface area contributed by atoms with E-state index >= 15 is 0 Å². The lowest BCUT2D eigenvalue weighted by molar-refractivity contribution is 0.642. The fourth-order valence-electron chi connectivity index (χ4n) is 1.58. The standard InChI is InChI=1S/C10H14N4/c11-9-6-12-7-13-10(9)14-8-4-2-1-3-5-8/h1-2,6-8H,3-5,11H2,(H,12,13,14). The van der Waals surface area contributed by atoms with Gasteiger partial charge < -0.3 is 11.1 Å². The molecular weight excluding hydrogens is 176 g/mol. The molecule has 1 heterocycles. The van der Waals surface area contributed by atoms with E-state index in [0.717, 1.165) is 25.1 Å². The fraction of sp³-hybridized carbons (Fsp3) is 0.400. The SMILES string of the molecule is Nc1cncnc1NC1CC=CCC1. The summed E-state index contributed by atoms with van der Waals surface area (Å²) >= 11 is 0. The zero-order valence-corrected chi connectivity index (χ0v) is 7.98. The van der Waals surface area contributed by atoms with Crippen molar-refractivity contribution in [1.29, 1.82) is 0 Å². The summed E-state index contributed by atoms with van der Waals surface area (Å²) in [5.74, 6) is 0.750. The van der Waals surface area contributed by atoms with Crippen molar-refractivity contribution in [3.8, 4) is 0 Å². The minimum atomic E-state index is 0.456. The number of nitrogens with one attached hydrogen (secondary N) is 1. The van der Waals surface area contributed by atoms with E-state index < -0.39 is 0 Å². The topological polar surface area (TPSA) is 63.8 Å². The van der Waals surface area contributed by atoms with E-state index in [4.69, 9.17) is 5.73 Å². The zero-order valence-electron chi connectivity index (χ0n) is 7.98. The van der Waals surface area contributed by atoms with Gasteiger partial charge in [0, 0.05) is 6.04 Å². The summed E-state index contributed by atoms with van der Waals surface area (Å²) in [6, 6.07) is 0.456. The van der Waals surface area contributed by atoms with Crippen LogP contribution in [0.5, 0.6) is 0 Å². The summed E-state index contributed by atoms with van der Waals surface area (Å²) in [4.78, 5) is 7.95. The van der Waals surface area contributed by atoms with Gasteiger partial charge in [0.2, 0.25) is 0 Å². The molecule has 2 rings (SSSR count). The van der Waals surface area contributed by atoms with E-state index in [9.17, 15) is 0 Å². The molecule has 1 aliphatic carbocycles. The summed E-state index contributed by atoms with van der Waals surface area (Å²) in [6.45, 7) is 0. The Labute approximate surface area is 83.3 Å². The van der Waals surface area contributed by atoms with Crippen LogP contribution in [0.15, 0.2) is 24.7 Å². The van der Waals surface area contributed by atoms with E-state index in [-0.39, 0.29) is 0 Å². The molecule has 1 aromatic rings. The molecule has 0 aromatic carbocycles. The maximum absolute atomic E-state index is 5.73. The van der Waals surface area contributed by atoms with Gasteiger partial charge in [0.1, 0.15) is 6.33 Å². The van der Waals surface area contributed by atoms with E-state index in [2.05, 4.69) is 27.4 Å². The van der Waals surface area contributed by atoms with E-state index in [1.54, 1.807) is 6.20 Å². The molecule has 0 fully saturated rings. The van der Waals surface area contributed by atoms with Gasteiger partial charge in [0.15, 0.2) is 5.82 Å². The van der Waals surface area contributed by atoms with Gasteiger partial charge in [-0.3, -0.25) is 0 Å². The lowest BCUT2D eigenvalue weighted by Gasteiger charge is -2.20. The second-order valence-electron chi connectivity index (χ2n) is 3.45. The van der Waals surface area contributed by atoms with Gasteiger partial charge in [-0.1, -0.05) is 12.2 Å². The molecule has 0 radical (unpaired) electrons. The Morgan fingerprint density at radius 2 is 2.36 bits per heavy atom. The molecule has 0 saturated heterocycles. The molecule has 14 heavy (non-hydrogen) atoms. The summed E-state index contributed by atoms with van der Waals surface area (Å²) < 4.78 is 0. The van der Waals surface area contributed by atoms with Crippen LogP contribution in [0.3, 0.4) is 0 Å². The predicted octanol–water partition coefficient (Wildman–Crippen LogP) is 1.58. The molecule has 1 aliphatic rings. The van der Waals surface area contributed by atoms with Crippen LogP contribution < -0.4 is 11.1 Å². The van der Waals surface area contributed by atoms with Gasteiger partial charge in [-0.2, -0.15) is 0 Å². The second kappa shape index (κ2) is 4.09. The van der Waals surface area contributed by atoms with Crippen molar-refractivity contribution in [2.45, 2.75) is 25.3 Å². The largest absolute Gasteiger partial charge is 0.394 e. The number of nitrogens with two attached hydrogens (primary N) is 1. The highest BCUT2D eigenvalue weighted by atomic mass is 15.1. The highest BCUT2D eigenvalue weighted by molar-refractivity contribution is 5.59. The number of hydrogen-bond acceptors (Lipinski definition) is 4. The van der Waals surface area contributed by atoms with Crippen LogP contribution in [0.2, 0.25) is 0 Å². The Balaban J connectivity index is 2.03. The van der Waals surface area contributed by atoms with Crippen LogP contribution in [-0.2, 0) is 0 Å². The minimum absolute atomic E-state index is 0.456. The number of nitrogen functional groups attached to an aromatic ring is 1.